The highest BCUT2D eigenvalue weighted by atomic mass is 79.9. The average Bonchev–Trinajstić information content (AvgIpc) is 1.97. The van der Waals surface area contributed by atoms with Gasteiger partial charge in [-0.15, -0.1) is 0 Å². The summed E-state index contributed by atoms with van der Waals surface area (Å²) in [4.78, 5) is 12.5. The molecule has 0 spiro atoms. The van der Waals surface area contributed by atoms with Crippen LogP contribution in [0, 0.1) is 5.92 Å². The number of nitrogens with zero attached hydrogens (tertiary/aromatic N) is 1. The maximum Gasteiger partial charge on any atom is 0.406 e. The van der Waals surface area contributed by atoms with Crippen LogP contribution in [0.1, 0.15) is 19.3 Å². The van der Waals surface area contributed by atoms with E-state index >= 15 is 0 Å². The van der Waals surface area contributed by atoms with Crippen LogP contribution in [-0.2, 0) is 4.79 Å². The van der Waals surface area contributed by atoms with Crippen LogP contribution in [0.25, 0.3) is 0 Å². The predicted molar refractivity (Wildman–Crippen MR) is 53.8 cm³/mol. The summed E-state index contributed by atoms with van der Waals surface area (Å²) in [5.41, 5.74) is 0. The average molecular weight is 288 g/mol. The minimum absolute atomic E-state index is 0.120. The number of alkyl halides is 4. The molecule has 1 saturated carbocycles. The number of amides is 1. The van der Waals surface area contributed by atoms with Crippen molar-refractivity contribution in [1.82, 2.24) is 4.90 Å². The van der Waals surface area contributed by atoms with E-state index in [0.717, 1.165) is 24.2 Å². The normalized spacial score (nSPS) is 17.3. The highest BCUT2D eigenvalue weighted by molar-refractivity contribution is 9.09. The van der Waals surface area contributed by atoms with E-state index in [0.29, 0.717) is 5.33 Å². The van der Waals surface area contributed by atoms with Crippen molar-refractivity contribution in [3.63, 3.8) is 0 Å². The first-order valence-corrected chi connectivity index (χ1v) is 5.97. The Bertz CT molecular complexity index is 228. The molecule has 0 bridgehead atoms. The van der Waals surface area contributed by atoms with E-state index in [-0.39, 0.29) is 18.4 Å². The third-order valence-corrected chi connectivity index (χ3v) is 2.85. The zero-order chi connectivity index (χ0) is 11.5. The van der Waals surface area contributed by atoms with E-state index in [9.17, 15) is 18.0 Å². The number of hydrogen-bond acceptors (Lipinski definition) is 1. The van der Waals surface area contributed by atoms with E-state index in [4.69, 9.17) is 0 Å². The van der Waals surface area contributed by atoms with Gasteiger partial charge in [0.05, 0.1) is 0 Å². The number of hydrogen-bond donors (Lipinski definition) is 0. The summed E-state index contributed by atoms with van der Waals surface area (Å²) in [7, 11) is 0. The van der Waals surface area contributed by atoms with E-state index in [1.54, 1.807) is 0 Å². The van der Waals surface area contributed by atoms with Crippen molar-refractivity contribution >= 4 is 21.8 Å². The van der Waals surface area contributed by atoms with Crippen molar-refractivity contribution in [1.29, 1.82) is 0 Å². The summed E-state index contributed by atoms with van der Waals surface area (Å²) in [6, 6.07) is 0. The summed E-state index contributed by atoms with van der Waals surface area (Å²) in [6.07, 6.45) is -1.89. The van der Waals surface area contributed by atoms with Gasteiger partial charge in [0.2, 0.25) is 5.91 Å². The number of rotatable bonds is 4. The molecule has 0 N–H and O–H groups in total. The summed E-state index contributed by atoms with van der Waals surface area (Å²) < 4.78 is 36.5. The fraction of sp³-hybridized carbons (Fsp3) is 0.889. The van der Waals surface area contributed by atoms with Gasteiger partial charge in [0, 0.05) is 17.8 Å². The Kier molecular flexibility index (Phi) is 4.43. The summed E-state index contributed by atoms with van der Waals surface area (Å²) in [6.45, 7) is -1.01. The van der Waals surface area contributed by atoms with E-state index in [2.05, 4.69) is 15.9 Å². The molecule has 0 radical (unpaired) electrons. The fourth-order valence-corrected chi connectivity index (χ4v) is 1.93. The molecule has 0 aromatic rings. The zero-order valence-electron chi connectivity index (χ0n) is 8.19. The Morgan fingerprint density at radius 1 is 1.40 bits per heavy atom. The molecule has 1 aliphatic rings. The molecule has 0 aromatic carbocycles. The van der Waals surface area contributed by atoms with Gasteiger partial charge in [-0.25, -0.2) is 0 Å². The molecule has 0 unspecified atom stereocenters. The molecular weight excluding hydrogens is 275 g/mol. The Morgan fingerprint density at radius 3 is 2.33 bits per heavy atom. The molecule has 6 heteroatoms. The molecular formula is C9H13BrF3NO. The van der Waals surface area contributed by atoms with Gasteiger partial charge < -0.3 is 4.90 Å². The van der Waals surface area contributed by atoms with Crippen LogP contribution >= 0.6 is 15.9 Å². The minimum atomic E-state index is -4.30. The lowest BCUT2D eigenvalue weighted by atomic mass is 9.84. The van der Waals surface area contributed by atoms with Gasteiger partial charge in [-0.2, -0.15) is 13.2 Å². The Morgan fingerprint density at radius 2 is 2.00 bits per heavy atom. The van der Waals surface area contributed by atoms with Gasteiger partial charge in [-0.3, -0.25) is 4.79 Å². The molecule has 1 amide bonds. The van der Waals surface area contributed by atoms with Crippen LogP contribution in [0.4, 0.5) is 13.2 Å². The van der Waals surface area contributed by atoms with Gasteiger partial charge >= 0.3 is 6.18 Å². The van der Waals surface area contributed by atoms with Gasteiger partial charge in [0.15, 0.2) is 0 Å². The van der Waals surface area contributed by atoms with Crippen LogP contribution in [0.5, 0.6) is 0 Å². The van der Waals surface area contributed by atoms with Crippen molar-refractivity contribution in [2.45, 2.75) is 25.4 Å². The first kappa shape index (κ1) is 12.8. The maximum atomic E-state index is 12.2. The highest BCUT2D eigenvalue weighted by Crippen LogP contribution is 2.29. The van der Waals surface area contributed by atoms with E-state index in [1.165, 1.54) is 0 Å². The molecule has 1 fully saturated rings. The summed E-state index contributed by atoms with van der Waals surface area (Å²) >= 11 is 3.05. The molecule has 0 atom stereocenters. The lowest BCUT2D eigenvalue weighted by molar-refractivity contribution is -0.164. The van der Waals surface area contributed by atoms with E-state index < -0.39 is 12.7 Å². The zero-order valence-corrected chi connectivity index (χ0v) is 9.77. The van der Waals surface area contributed by atoms with Crippen LogP contribution < -0.4 is 0 Å². The fourth-order valence-electron chi connectivity index (χ4n) is 1.50. The predicted octanol–water partition coefficient (Wildman–Crippen LogP) is 2.57. The topological polar surface area (TPSA) is 20.3 Å². The maximum absolute atomic E-state index is 12.2. The van der Waals surface area contributed by atoms with Crippen molar-refractivity contribution < 1.29 is 18.0 Å². The monoisotopic (exact) mass is 287 g/mol. The molecule has 0 aliphatic heterocycles. The molecule has 88 valence electrons. The Hall–Kier alpha value is -0.260. The molecule has 1 aliphatic carbocycles. The smallest absolute Gasteiger partial charge is 0.333 e. The lowest BCUT2D eigenvalue weighted by Gasteiger charge is -2.31. The highest BCUT2D eigenvalue weighted by Gasteiger charge is 2.36. The van der Waals surface area contributed by atoms with Gasteiger partial charge in [0.25, 0.3) is 0 Å². The second-order valence-corrected chi connectivity index (χ2v) is 4.48. The lowest BCUT2D eigenvalue weighted by Crippen LogP contribution is -2.44. The van der Waals surface area contributed by atoms with Crippen molar-refractivity contribution in [2.24, 2.45) is 5.92 Å². The minimum Gasteiger partial charge on any atom is -0.333 e. The number of carbonyl (C=O) groups is 1. The number of carbonyl (C=O) groups excluding carboxylic acids is 1. The molecule has 2 nitrogen and oxygen atoms in total. The van der Waals surface area contributed by atoms with Crippen LogP contribution in [0.3, 0.4) is 0 Å². The molecule has 15 heavy (non-hydrogen) atoms. The van der Waals surface area contributed by atoms with Crippen molar-refractivity contribution in [3.05, 3.63) is 0 Å². The standard InChI is InChI=1S/C9H13BrF3NO/c10-4-5-14(6-9(11,12)13)8(15)7-2-1-3-7/h7H,1-6H2. The molecule has 0 heterocycles. The SMILES string of the molecule is O=C(C1CCC1)N(CCBr)CC(F)(F)F. The Labute approximate surface area is 94.9 Å². The van der Waals surface area contributed by atoms with Crippen LogP contribution in [0.2, 0.25) is 0 Å². The largest absolute Gasteiger partial charge is 0.406 e. The van der Waals surface area contributed by atoms with E-state index in [1.807, 2.05) is 0 Å². The van der Waals surface area contributed by atoms with Gasteiger partial charge in [-0.05, 0) is 12.8 Å². The second-order valence-electron chi connectivity index (χ2n) is 3.69. The third kappa shape index (κ3) is 4.01. The van der Waals surface area contributed by atoms with Gasteiger partial charge in [0.1, 0.15) is 6.54 Å². The Balaban J connectivity index is 2.51. The van der Waals surface area contributed by atoms with Crippen molar-refractivity contribution in [2.75, 3.05) is 18.4 Å². The number of halogens is 4. The van der Waals surface area contributed by atoms with Crippen LogP contribution in [0.15, 0.2) is 0 Å². The summed E-state index contributed by atoms with van der Waals surface area (Å²) in [5, 5.41) is 0.377. The van der Waals surface area contributed by atoms with Gasteiger partial charge in [-0.1, -0.05) is 22.4 Å². The first-order chi connectivity index (χ1) is 6.94. The second kappa shape index (κ2) is 5.18. The quantitative estimate of drug-likeness (QED) is 0.728. The van der Waals surface area contributed by atoms with Crippen molar-refractivity contribution in [3.8, 4) is 0 Å². The summed E-state index contributed by atoms with van der Waals surface area (Å²) in [5.74, 6) is -0.524. The molecule has 0 aromatic heterocycles. The first-order valence-electron chi connectivity index (χ1n) is 4.85. The van der Waals surface area contributed by atoms with Crippen LogP contribution in [-0.4, -0.2) is 35.4 Å². The third-order valence-electron chi connectivity index (χ3n) is 2.49. The molecule has 1 rings (SSSR count). The molecule has 0 saturated heterocycles.